The molecule has 0 amide bonds. The summed E-state index contributed by atoms with van der Waals surface area (Å²) in [6.45, 7) is 1.99. The molecule has 106 valence electrons. The van der Waals surface area contributed by atoms with Crippen molar-refractivity contribution >= 4 is 0 Å². The monoisotopic (exact) mass is 274 g/mol. The molecule has 0 fully saturated rings. The van der Waals surface area contributed by atoms with E-state index >= 15 is 0 Å². The van der Waals surface area contributed by atoms with Gasteiger partial charge in [-0.3, -0.25) is 4.98 Å². The van der Waals surface area contributed by atoms with E-state index in [4.69, 9.17) is 4.74 Å². The minimum absolute atomic E-state index is 0.179. The highest BCUT2D eigenvalue weighted by molar-refractivity contribution is 5.38. The molecule has 2 aromatic rings. The van der Waals surface area contributed by atoms with Gasteiger partial charge in [-0.15, -0.1) is 0 Å². The molecule has 0 saturated heterocycles. The van der Waals surface area contributed by atoms with Gasteiger partial charge in [0.1, 0.15) is 11.6 Å². The molecule has 2 rings (SSSR count). The van der Waals surface area contributed by atoms with Crippen molar-refractivity contribution in [1.29, 1.82) is 0 Å². The van der Waals surface area contributed by atoms with Crippen molar-refractivity contribution in [1.82, 2.24) is 10.3 Å². The van der Waals surface area contributed by atoms with Gasteiger partial charge in [-0.1, -0.05) is 12.1 Å². The fourth-order valence-corrected chi connectivity index (χ4v) is 2.21. The van der Waals surface area contributed by atoms with Gasteiger partial charge in [-0.2, -0.15) is 0 Å². The van der Waals surface area contributed by atoms with E-state index in [-0.39, 0.29) is 11.9 Å². The first-order chi connectivity index (χ1) is 9.65. The molecule has 1 aromatic heterocycles. The van der Waals surface area contributed by atoms with Crippen LogP contribution in [0.2, 0.25) is 0 Å². The number of rotatable bonds is 5. The quantitative estimate of drug-likeness (QED) is 0.910. The van der Waals surface area contributed by atoms with Crippen LogP contribution in [-0.2, 0) is 6.42 Å². The van der Waals surface area contributed by atoms with Crippen molar-refractivity contribution in [2.75, 3.05) is 14.2 Å². The minimum Gasteiger partial charge on any atom is -0.496 e. The summed E-state index contributed by atoms with van der Waals surface area (Å²) >= 11 is 0. The van der Waals surface area contributed by atoms with Crippen LogP contribution in [0.15, 0.2) is 36.5 Å². The Kier molecular flexibility index (Phi) is 4.69. The fourth-order valence-electron chi connectivity index (χ4n) is 2.21. The highest BCUT2D eigenvalue weighted by atomic mass is 19.1. The molecule has 0 saturated carbocycles. The lowest BCUT2D eigenvalue weighted by molar-refractivity contribution is 0.392. The summed E-state index contributed by atoms with van der Waals surface area (Å²) in [7, 11) is 3.36. The molecule has 0 aliphatic heterocycles. The predicted octanol–water partition coefficient (Wildman–Crippen LogP) is 3.04. The van der Waals surface area contributed by atoms with Gasteiger partial charge in [0, 0.05) is 29.9 Å². The maximum atomic E-state index is 14.1. The highest BCUT2D eigenvalue weighted by Gasteiger charge is 2.19. The SMILES string of the molecule is CNC(Cc1ccc(C)cn1)c1c(F)cccc1OC. The second-order valence-corrected chi connectivity index (χ2v) is 4.73. The van der Waals surface area contributed by atoms with Crippen molar-refractivity contribution in [3.8, 4) is 5.75 Å². The van der Waals surface area contributed by atoms with Gasteiger partial charge in [-0.05, 0) is 37.7 Å². The number of benzene rings is 1. The third-order valence-corrected chi connectivity index (χ3v) is 3.32. The van der Waals surface area contributed by atoms with Crippen molar-refractivity contribution in [2.24, 2.45) is 0 Å². The average molecular weight is 274 g/mol. The average Bonchev–Trinajstić information content (AvgIpc) is 2.47. The van der Waals surface area contributed by atoms with E-state index in [9.17, 15) is 4.39 Å². The zero-order valence-electron chi connectivity index (χ0n) is 12.0. The van der Waals surface area contributed by atoms with E-state index in [0.717, 1.165) is 11.3 Å². The standard InChI is InChI=1S/C16H19FN2O/c1-11-7-8-12(19-10-11)9-14(18-2)16-13(17)5-4-6-15(16)20-3/h4-8,10,14,18H,9H2,1-3H3. The van der Waals surface area contributed by atoms with Crippen molar-refractivity contribution in [3.05, 3.63) is 59.2 Å². The lowest BCUT2D eigenvalue weighted by atomic mass is 10.00. The molecule has 0 radical (unpaired) electrons. The van der Waals surface area contributed by atoms with Crippen molar-refractivity contribution in [2.45, 2.75) is 19.4 Å². The van der Waals surface area contributed by atoms with E-state index < -0.39 is 0 Å². The van der Waals surface area contributed by atoms with Crippen molar-refractivity contribution in [3.63, 3.8) is 0 Å². The summed E-state index contributed by atoms with van der Waals surface area (Å²) in [5.41, 5.74) is 2.57. The van der Waals surface area contributed by atoms with E-state index in [2.05, 4.69) is 10.3 Å². The summed E-state index contributed by atoms with van der Waals surface area (Å²) in [6, 6.07) is 8.66. The maximum absolute atomic E-state index is 14.1. The Morgan fingerprint density at radius 3 is 2.70 bits per heavy atom. The first kappa shape index (κ1) is 14.5. The van der Waals surface area contributed by atoms with Gasteiger partial charge >= 0.3 is 0 Å². The molecule has 1 heterocycles. The van der Waals surface area contributed by atoms with Gasteiger partial charge < -0.3 is 10.1 Å². The van der Waals surface area contributed by atoms with E-state index in [1.54, 1.807) is 19.2 Å². The molecule has 20 heavy (non-hydrogen) atoms. The van der Waals surface area contributed by atoms with E-state index in [0.29, 0.717) is 17.7 Å². The van der Waals surface area contributed by atoms with Crippen molar-refractivity contribution < 1.29 is 9.13 Å². The number of nitrogens with one attached hydrogen (secondary N) is 1. The molecule has 1 N–H and O–H groups in total. The van der Waals surface area contributed by atoms with Crippen LogP contribution in [0.1, 0.15) is 22.9 Å². The summed E-state index contributed by atoms with van der Waals surface area (Å²) in [4.78, 5) is 4.37. The third kappa shape index (κ3) is 3.14. The van der Waals surface area contributed by atoms with Crippen LogP contribution in [0, 0.1) is 12.7 Å². The number of halogens is 1. The number of aromatic nitrogens is 1. The Hall–Kier alpha value is -1.94. The van der Waals surface area contributed by atoms with E-state index in [1.165, 1.54) is 6.07 Å². The smallest absolute Gasteiger partial charge is 0.131 e. The summed E-state index contributed by atoms with van der Waals surface area (Å²) in [5, 5.41) is 3.14. The maximum Gasteiger partial charge on any atom is 0.131 e. The lowest BCUT2D eigenvalue weighted by Crippen LogP contribution is -2.21. The van der Waals surface area contributed by atoms with Crippen LogP contribution in [0.5, 0.6) is 5.75 Å². The molecule has 1 unspecified atom stereocenters. The number of pyridine rings is 1. The second-order valence-electron chi connectivity index (χ2n) is 4.73. The molecule has 0 aliphatic rings. The first-order valence-electron chi connectivity index (χ1n) is 6.57. The summed E-state index contributed by atoms with van der Waals surface area (Å²) in [5.74, 6) is 0.285. The number of aryl methyl sites for hydroxylation is 1. The first-order valence-corrected chi connectivity index (χ1v) is 6.57. The topological polar surface area (TPSA) is 34.2 Å². The van der Waals surface area contributed by atoms with Gasteiger partial charge in [0.25, 0.3) is 0 Å². The molecule has 1 atom stereocenters. The molecule has 0 spiro atoms. The Balaban J connectivity index is 2.31. The largest absolute Gasteiger partial charge is 0.496 e. The predicted molar refractivity (Wildman–Crippen MR) is 77.4 cm³/mol. The van der Waals surface area contributed by atoms with Crippen LogP contribution in [0.3, 0.4) is 0 Å². The van der Waals surface area contributed by atoms with Crippen LogP contribution in [0.25, 0.3) is 0 Å². The van der Waals surface area contributed by atoms with Gasteiger partial charge in [0.05, 0.1) is 7.11 Å². The third-order valence-electron chi connectivity index (χ3n) is 3.32. The minimum atomic E-state index is -0.268. The number of hydrogen-bond donors (Lipinski definition) is 1. The number of nitrogens with zero attached hydrogens (tertiary/aromatic N) is 1. The Morgan fingerprint density at radius 2 is 2.10 bits per heavy atom. The van der Waals surface area contributed by atoms with Gasteiger partial charge in [0.2, 0.25) is 0 Å². The molecular weight excluding hydrogens is 255 g/mol. The van der Waals surface area contributed by atoms with Crippen LogP contribution in [0.4, 0.5) is 4.39 Å². The summed E-state index contributed by atoms with van der Waals surface area (Å²) < 4.78 is 19.4. The molecule has 4 heteroatoms. The second kappa shape index (κ2) is 6.48. The number of ether oxygens (including phenoxy) is 1. The van der Waals surface area contributed by atoms with Crippen LogP contribution < -0.4 is 10.1 Å². The van der Waals surface area contributed by atoms with Crippen LogP contribution >= 0.6 is 0 Å². The molecular formula is C16H19FN2O. The van der Waals surface area contributed by atoms with Crippen LogP contribution in [-0.4, -0.2) is 19.1 Å². The Labute approximate surface area is 118 Å². The normalized spacial score (nSPS) is 12.2. The Bertz CT molecular complexity index is 569. The van der Waals surface area contributed by atoms with Gasteiger partial charge in [0.15, 0.2) is 0 Å². The lowest BCUT2D eigenvalue weighted by Gasteiger charge is -2.19. The summed E-state index contributed by atoms with van der Waals surface area (Å²) in [6.07, 6.45) is 2.43. The number of methoxy groups -OCH3 is 1. The molecule has 1 aromatic carbocycles. The Morgan fingerprint density at radius 1 is 1.30 bits per heavy atom. The molecule has 0 bridgehead atoms. The number of likely N-dealkylation sites (N-methyl/N-ethyl adjacent to an activating group) is 1. The highest BCUT2D eigenvalue weighted by Crippen LogP contribution is 2.29. The van der Waals surface area contributed by atoms with E-state index in [1.807, 2.05) is 32.3 Å². The van der Waals surface area contributed by atoms with Gasteiger partial charge in [-0.25, -0.2) is 4.39 Å². The molecule has 3 nitrogen and oxygen atoms in total. The zero-order chi connectivity index (χ0) is 14.5. The molecule has 0 aliphatic carbocycles. The zero-order valence-corrected chi connectivity index (χ0v) is 12.0. The fraction of sp³-hybridized carbons (Fsp3) is 0.312. The number of hydrogen-bond acceptors (Lipinski definition) is 3.